The molecule has 1 aliphatic rings. The van der Waals surface area contributed by atoms with Gasteiger partial charge >= 0.3 is 0 Å². The summed E-state index contributed by atoms with van der Waals surface area (Å²) in [5.41, 5.74) is 5.79. The number of benzene rings is 2. The molecule has 0 amide bonds. The summed E-state index contributed by atoms with van der Waals surface area (Å²) in [6, 6.07) is 12.8. The summed E-state index contributed by atoms with van der Waals surface area (Å²) in [5.74, 6) is -1.77. The Labute approximate surface area is 191 Å². The average Bonchev–Trinajstić information content (AvgIpc) is 2.61. The Morgan fingerprint density at radius 1 is 0.781 bits per heavy atom. The van der Waals surface area contributed by atoms with Gasteiger partial charge in [-0.05, 0) is 69.7 Å². The molecule has 172 valence electrons. The van der Waals surface area contributed by atoms with Crippen LogP contribution in [0.25, 0.3) is 0 Å². The zero-order valence-corrected chi connectivity index (χ0v) is 20.0. The summed E-state index contributed by atoms with van der Waals surface area (Å²) in [6.45, 7) is 12.6. The first-order valence-electron chi connectivity index (χ1n) is 11.2. The number of aromatic hydroxyl groups is 2. The van der Waals surface area contributed by atoms with Gasteiger partial charge in [0.05, 0.1) is 0 Å². The Hall–Kier alpha value is -2.56. The Morgan fingerprint density at radius 3 is 1.81 bits per heavy atom. The van der Waals surface area contributed by atoms with E-state index in [2.05, 4.69) is 53.7 Å². The van der Waals surface area contributed by atoms with Crippen molar-refractivity contribution in [3.05, 3.63) is 82.0 Å². The van der Waals surface area contributed by atoms with Crippen molar-refractivity contribution in [2.45, 2.75) is 66.6 Å². The van der Waals surface area contributed by atoms with Crippen LogP contribution in [-0.2, 0) is 12.8 Å². The lowest BCUT2D eigenvalue weighted by Crippen LogP contribution is -2.36. The molecule has 2 aromatic carbocycles. The molecule has 0 radical (unpaired) electrons. The van der Waals surface area contributed by atoms with Gasteiger partial charge in [-0.15, -0.1) is 0 Å². The molecule has 0 heterocycles. The van der Waals surface area contributed by atoms with Crippen LogP contribution >= 0.6 is 0 Å². The van der Waals surface area contributed by atoms with Gasteiger partial charge in [-0.2, -0.15) is 0 Å². The first kappa shape index (κ1) is 24.1. The van der Waals surface area contributed by atoms with Gasteiger partial charge in [0.25, 0.3) is 0 Å². The third-order valence-corrected chi connectivity index (χ3v) is 6.06. The van der Waals surface area contributed by atoms with Crippen molar-refractivity contribution in [1.29, 1.82) is 0 Å². The summed E-state index contributed by atoms with van der Waals surface area (Å²) in [5, 5.41) is 41.0. The molecule has 0 saturated heterocycles. The summed E-state index contributed by atoms with van der Waals surface area (Å²) in [7, 11) is 0. The van der Waals surface area contributed by atoms with Crippen LogP contribution in [0, 0.1) is 10.8 Å². The molecular weight excluding hydrogens is 400 g/mol. The second kappa shape index (κ2) is 8.42. The fourth-order valence-corrected chi connectivity index (χ4v) is 4.56. The number of phenols is 2. The summed E-state index contributed by atoms with van der Waals surface area (Å²) < 4.78 is 0. The standard InChI is InChI=1S/C28H36O4/c1-26(2,3)24-16-28(31,32)17-25(27(4,5)6)23(24)14-20-10-8-7-9-19(20)11-18-12-21(29)15-22(30)13-18/h7-10,12-13,15-16,29-32H,11,14,17H2,1-6H3. The first-order chi connectivity index (χ1) is 14.7. The van der Waals surface area contributed by atoms with Crippen molar-refractivity contribution in [3.8, 4) is 11.5 Å². The second-order valence-electron chi connectivity index (χ2n) is 11.1. The van der Waals surface area contributed by atoms with Gasteiger partial charge in [0, 0.05) is 12.5 Å². The van der Waals surface area contributed by atoms with E-state index in [-0.39, 0.29) is 28.7 Å². The van der Waals surface area contributed by atoms with Gasteiger partial charge in [-0.3, -0.25) is 0 Å². The molecule has 2 aromatic rings. The van der Waals surface area contributed by atoms with Crippen LogP contribution in [0.2, 0.25) is 0 Å². The van der Waals surface area contributed by atoms with Crippen LogP contribution in [0.5, 0.6) is 11.5 Å². The SMILES string of the molecule is CC(C)(C)C1=CC(O)(O)CC(C(C)(C)C)=C1Cc1ccccc1Cc1cc(O)cc(O)c1. The monoisotopic (exact) mass is 436 g/mol. The van der Waals surface area contributed by atoms with Crippen LogP contribution in [0.15, 0.2) is 65.3 Å². The third kappa shape index (κ3) is 5.62. The highest BCUT2D eigenvalue weighted by Crippen LogP contribution is 2.46. The number of aliphatic hydroxyl groups is 2. The maximum absolute atomic E-state index is 10.6. The van der Waals surface area contributed by atoms with Gasteiger partial charge < -0.3 is 20.4 Å². The van der Waals surface area contributed by atoms with Gasteiger partial charge in [-0.25, -0.2) is 0 Å². The zero-order valence-electron chi connectivity index (χ0n) is 20.0. The number of hydrogen-bond acceptors (Lipinski definition) is 4. The number of hydrogen-bond donors (Lipinski definition) is 4. The maximum Gasteiger partial charge on any atom is 0.187 e. The first-order valence-corrected chi connectivity index (χ1v) is 11.2. The molecular formula is C28H36O4. The zero-order chi connectivity index (χ0) is 23.9. The molecule has 4 N–H and O–H groups in total. The number of rotatable bonds is 4. The molecule has 3 rings (SSSR count). The van der Waals surface area contributed by atoms with Crippen LogP contribution in [0.3, 0.4) is 0 Å². The van der Waals surface area contributed by atoms with Crippen molar-refractivity contribution in [1.82, 2.24) is 0 Å². The van der Waals surface area contributed by atoms with Crippen molar-refractivity contribution < 1.29 is 20.4 Å². The van der Waals surface area contributed by atoms with Crippen molar-refractivity contribution in [3.63, 3.8) is 0 Å². The summed E-state index contributed by atoms with van der Waals surface area (Å²) >= 11 is 0. The molecule has 0 aromatic heterocycles. The lowest BCUT2D eigenvalue weighted by molar-refractivity contribution is -0.121. The van der Waals surface area contributed by atoms with E-state index in [9.17, 15) is 20.4 Å². The molecule has 4 nitrogen and oxygen atoms in total. The van der Waals surface area contributed by atoms with E-state index in [0.29, 0.717) is 12.8 Å². The molecule has 0 fully saturated rings. The minimum Gasteiger partial charge on any atom is -0.508 e. The topological polar surface area (TPSA) is 80.9 Å². The molecule has 0 atom stereocenters. The number of allylic oxidation sites excluding steroid dienone is 2. The van der Waals surface area contributed by atoms with Crippen LogP contribution in [0.4, 0.5) is 0 Å². The van der Waals surface area contributed by atoms with Gasteiger partial charge in [-0.1, -0.05) is 71.4 Å². The minimum absolute atomic E-state index is 0.0441. The normalized spacial score (nSPS) is 16.8. The van der Waals surface area contributed by atoms with E-state index < -0.39 is 5.79 Å². The highest BCUT2D eigenvalue weighted by Gasteiger charge is 2.38. The Morgan fingerprint density at radius 2 is 1.31 bits per heavy atom. The molecule has 32 heavy (non-hydrogen) atoms. The second-order valence-corrected chi connectivity index (χ2v) is 11.1. The molecule has 4 heteroatoms. The smallest absolute Gasteiger partial charge is 0.187 e. The Kier molecular flexibility index (Phi) is 6.34. The van der Waals surface area contributed by atoms with E-state index in [1.165, 1.54) is 6.07 Å². The maximum atomic E-state index is 10.6. The Balaban J connectivity index is 2.09. The minimum atomic E-state index is -1.85. The van der Waals surface area contributed by atoms with Gasteiger partial charge in [0.2, 0.25) is 0 Å². The van der Waals surface area contributed by atoms with Gasteiger partial charge in [0.1, 0.15) is 11.5 Å². The summed E-state index contributed by atoms with van der Waals surface area (Å²) in [6.07, 6.45) is 3.06. The predicted octanol–water partition coefficient (Wildman–Crippen LogP) is 5.63. The lowest BCUT2D eigenvalue weighted by Gasteiger charge is -2.40. The van der Waals surface area contributed by atoms with Crippen molar-refractivity contribution >= 4 is 0 Å². The van der Waals surface area contributed by atoms with Crippen LogP contribution < -0.4 is 0 Å². The van der Waals surface area contributed by atoms with Crippen molar-refractivity contribution in [2.75, 3.05) is 0 Å². The molecule has 1 aliphatic carbocycles. The van der Waals surface area contributed by atoms with E-state index in [1.54, 1.807) is 18.2 Å². The molecule has 0 aliphatic heterocycles. The van der Waals surface area contributed by atoms with E-state index in [1.807, 2.05) is 12.1 Å². The summed E-state index contributed by atoms with van der Waals surface area (Å²) in [4.78, 5) is 0. The predicted molar refractivity (Wildman–Crippen MR) is 129 cm³/mol. The largest absolute Gasteiger partial charge is 0.508 e. The highest BCUT2D eigenvalue weighted by molar-refractivity contribution is 5.50. The Bertz CT molecular complexity index is 1040. The molecule has 0 saturated carbocycles. The van der Waals surface area contributed by atoms with E-state index in [0.717, 1.165) is 33.4 Å². The fraction of sp³-hybridized carbons (Fsp3) is 0.429. The fourth-order valence-electron chi connectivity index (χ4n) is 4.56. The lowest BCUT2D eigenvalue weighted by atomic mass is 9.68. The quantitative estimate of drug-likeness (QED) is 0.468. The van der Waals surface area contributed by atoms with Crippen molar-refractivity contribution in [2.24, 2.45) is 10.8 Å². The van der Waals surface area contributed by atoms with E-state index >= 15 is 0 Å². The van der Waals surface area contributed by atoms with E-state index in [4.69, 9.17) is 0 Å². The highest BCUT2D eigenvalue weighted by atomic mass is 16.5. The molecule has 0 spiro atoms. The third-order valence-electron chi connectivity index (χ3n) is 6.06. The molecule has 0 bridgehead atoms. The van der Waals surface area contributed by atoms with Gasteiger partial charge in [0.15, 0.2) is 5.79 Å². The molecule has 0 unspecified atom stereocenters. The number of phenolic OH excluding ortho intramolecular Hbond substituents is 2. The van der Waals surface area contributed by atoms with Crippen LogP contribution in [0.1, 0.15) is 64.7 Å². The average molecular weight is 437 g/mol. The van der Waals surface area contributed by atoms with Crippen LogP contribution in [-0.4, -0.2) is 26.2 Å².